The van der Waals surface area contributed by atoms with Crippen molar-refractivity contribution in [3.8, 4) is 0 Å². The van der Waals surface area contributed by atoms with Crippen LogP contribution in [-0.4, -0.2) is 35.4 Å². The van der Waals surface area contributed by atoms with Crippen molar-refractivity contribution in [3.63, 3.8) is 0 Å². The molecular weight excluding hydrogens is 362 g/mol. The first-order valence-electron chi connectivity index (χ1n) is 7.56. The van der Waals surface area contributed by atoms with Gasteiger partial charge in [-0.25, -0.2) is 9.67 Å². The summed E-state index contributed by atoms with van der Waals surface area (Å²) in [6, 6.07) is 6.58. The largest absolute Gasteiger partial charge is 0.307 e. The van der Waals surface area contributed by atoms with E-state index < -0.39 is 16.9 Å². The molecule has 0 bridgehead atoms. The zero-order valence-corrected chi connectivity index (χ0v) is 14.4. The van der Waals surface area contributed by atoms with Crippen molar-refractivity contribution in [2.24, 2.45) is 0 Å². The van der Waals surface area contributed by atoms with Gasteiger partial charge in [-0.1, -0.05) is 29.8 Å². The van der Waals surface area contributed by atoms with Crippen molar-refractivity contribution >= 4 is 29.1 Å². The predicted octanol–water partition coefficient (Wildman–Crippen LogP) is 2.28. The van der Waals surface area contributed by atoms with Crippen LogP contribution < -0.4 is 5.32 Å². The van der Waals surface area contributed by atoms with E-state index in [1.807, 2.05) is 18.2 Å². The van der Waals surface area contributed by atoms with E-state index in [2.05, 4.69) is 20.5 Å². The highest BCUT2D eigenvalue weighted by Crippen LogP contribution is 2.17. The fraction of sp³-hybridized carbons (Fsp3) is 0.200. The molecule has 2 aromatic heterocycles. The third-order valence-corrected chi connectivity index (χ3v) is 4.01. The molecule has 0 spiro atoms. The maximum absolute atomic E-state index is 12.3. The molecule has 3 aromatic rings. The minimum Gasteiger partial charge on any atom is -0.291 e. The fourth-order valence-electron chi connectivity index (χ4n) is 2.20. The summed E-state index contributed by atoms with van der Waals surface area (Å²) in [5.41, 5.74) is 0.681. The highest BCUT2D eigenvalue weighted by Gasteiger charge is 2.20. The highest BCUT2D eigenvalue weighted by atomic mass is 35.5. The predicted molar refractivity (Wildman–Crippen MR) is 92.8 cm³/mol. The minimum absolute atomic E-state index is 0.121. The molecule has 0 fully saturated rings. The third-order valence-electron chi connectivity index (χ3n) is 3.64. The topological polar surface area (TPSA) is 121 Å². The van der Waals surface area contributed by atoms with Crippen LogP contribution in [0, 0.1) is 10.1 Å². The van der Waals surface area contributed by atoms with Gasteiger partial charge in [0.2, 0.25) is 5.95 Å². The number of nitro groups is 1. The van der Waals surface area contributed by atoms with Gasteiger partial charge >= 0.3 is 5.69 Å². The Morgan fingerprint density at radius 1 is 1.42 bits per heavy atom. The van der Waals surface area contributed by atoms with Crippen LogP contribution in [0.4, 0.5) is 11.6 Å². The van der Waals surface area contributed by atoms with E-state index in [1.165, 1.54) is 17.2 Å². The molecule has 1 atom stereocenters. The van der Waals surface area contributed by atoms with Crippen molar-refractivity contribution in [2.45, 2.75) is 19.5 Å². The summed E-state index contributed by atoms with van der Waals surface area (Å²) >= 11 is 6.11. The molecule has 0 radical (unpaired) electrons. The normalized spacial score (nSPS) is 11.9. The van der Waals surface area contributed by atoms with E-state index in [4.69, 9.17) is 11.6 Å². The molecule has 1 N–H and O–H groups in total. The Bertz CT molecular complexity index is 952. The first kappa shape index (κ1) is 17.5. The van der Waals surface area contributed by atoms with Gasteiger partial charge in [0.25, 0.3) is 5.91 Å². The lowest BCUT2D eigenvalue weighted by Crippen LogP contribution is -2.24. The Morgan fingerprint density at radius 2 is 2.19 bits per heavy atom. The number of carbonyl (C=O) groups is 1. The summed E-state index contributed by atoms with van der Waals surface area (Å²) < 4.78 is 2.74. The summed E-state index contributed by atoms with van der Waals surface area (Å²) in [6.07, 6.45) is 3.75. The maximum Gasteiger partial charge on any atom is 0.307 e. The lowest BCUT2D eigenvalue weighted by Gasteiger charge is -2.10. The average Bonchev–Trinajstić information content (AvgIpc) is 3.26. The number of amides is 1. The standard InChI is InChI=1S/C15H14ClN7O3/c1-10(22-8-12(6-18-22)23(25)26)14(24)19-15-17-9-21(20-15)7-11-4-2-3-5-13(11)16/h2-6,8-10H,7H2,1H3,(H,19,20,24). The van der Waals surface area contributed by atoms with Crippen molar-refractivity contribution in [1.82, 2.24) is 24.5 Å². The van der Waals surface area contributed by atoms with Crippen LogP contribution in [0.5, 0.6) is 0 Å². The molecule has 0 aliphatic rings. The van der Waals surface area contributed by atoms with Crippen molar-refractivity contribution < 1.29 is 9.72 Å². The Morgan fingerprint density at radius 3 is 2.88 bits per heavy atom. The molecule has 0 aliphatic carbocycles. The molecule has 11 heteroatoms. The Labute approximate surface area is 152 Å². The average molecular weight is 376 g/mol. The number of nitrogens with one attached hydrogen (secondary N) is 1. The van der Waals surface area contributed by atoms with Crippen LogP contribution in [0.2, 0.25) is 5.02 Å². The van der Waals surface area contributed by atoms with Gasteiger partial charge < -0.3 is 0 Å². The van der Waals surface area contributed by atoms with Crippen molar-refractivity contribution in [2.75, 3.05) is 5.32 Å². The summed E-state index contributed by atoms with van der Waals surface area (Å²) in [7, 11) is 0. The molecule has 10 nitrogen and oxygen atoms in total. The second-order valence-corrected chi connectivity index (χ2v) is 5.87. The monoisotopic (exact) mass is 375 g/mol. The SMILES string of the molecule is CC(C(=O)Nc1ncn(Cc2ccccc2Cl)n1)n1cc([N+](=O)[O-])cn1. The fourth-order valence-corrected chi connectivity index (χ4v) is 2.39. The minimum atomic E-state index is -0.765. The second-order valence-electron chi connectivity index (χ2n) is 5.46. The summed E-state index contributed by atoms with van der Waals surface area (Å²) in [5.74, 6) is -0.325. The molecule has 2 heterocycles. The van der Waals surface area contributed by atoms with Gasteiger partial charge in [-0.3, -0.25) is 24.9 Å². The van der Waals surface area contributed by atoms with Gasteiger partial charge in [0.1, 0.15) is 24.8 Å². The summed E-state index contributed by atoms with van der Waals surface area (Å²) in [6.45, 7) is 1.97. The van der Waals surface area contributed by atoms with Gasteiger partial charge in [-0.05, 0) is 18.6 Å². The van der Waals surface area contributed by atoms with E-state index in [1.54, 1.807) is 17.7 Å². The first-order valence-corrected chi connectivity index (χ1v) is 7.94. The molecule has 3 rings (SSSR count). The summed E-state index contributed by atoms with van der Waals surface area (Å²) in [5, 5.41) is 21.9. The highest BCUT2D eigenvalue weighted by molar-refractivity contribution is 6.31. The smallest absolute Gasteiger partial charge is 0.291 e. The van der Waals surface area contributed by atoms with Gasteiger partial charge in [0.15, 0.2) is 0 Å². The number of hydrogen-bond acceptors (Lipinski definition) is 6. The lowest BCUT2D eigenvalue weighted by atomic mass is 10.2. The first-order chi connectivity index (χ1) is 12.4. The van der Waals surface area contributed by atoms with Crippen molar-refractivity contribution in [3.05, 3.63) is 63.7 Å². The number of hydrogen-bond donors (Lipinski definition) is 1. The van der Waals surface area contributed by atoms with E-state index in [0.29, 0.717) is 11.6 Å². The van der Waals surface area contributed by atoms with Crippen LogP contribution in [-0.2, 0) is 11.3 Å². The molecule has 1 amide bonds. The number of aromatic nitrogens is 5. The molecule has 0 saturated heterocycles. The van der Waals surface area contributed by atoms with Crippen LogP contribution in [0.1, 0.15) is 18.5 Å². The molecule has 0 saturated carbocycles. The van der Waals surface area contributed by atoms with Gasteiger partial charge in [0.05, 0.1) is 11.5 Å². The maximum atomic E-state index is 12.3. The van der Waals surface area contributed by atoms with Crippen LogP contribution in [0.15, 0.2) is 43.0 Å². The van der Waals surface area contributed by atoms with Crippen LogP contribution in [0.3, 0.4) is 0 Å². The van der Waals surface area contributed by atoms with Gasteiger partial charge in [0, 0.05) is 5.02 Å². The van der Waals surface area contributed by atoms with Crippen LogP contribution >= 0.6 is 11.6 Å². The Kier molecular flexibility index (Phi) is 4.94. The Balaban J connectivity index is 1.65. The number of halogens is 1. The summed E-state index contributed by atoms with van der Waals surface area (Å²) in [4.78, 5) is 26.4. The van der Waals surface area contributed by atoms with Crippen molar-refractivity contribution in [1.29, 1.82) is 0 Å². The molecule has 134 valence electrons. The number of nitrogens with zero attached hydrogens (tertiary/aromatic N) is 6. The van der Waals surface area contributed by atoms with E-state index in [0.717, 1.165) is 11.8 Å². The number of benzene rings is 1. The van der Waals surface area contributed by atoms with E-state index >= 15 is 0 Å². The second kappa shape index (κ2) is 7.31. The van der Waals surface area contributed by atoms with Crippen LogP contribution in [0.25, 0.3) is 0 Å². The lowest BCUT2D eigenvalue weighted by molar-refractivity contribution is -0.385. The third kappa shape index (κ3) is 3.86. The number of carbonyl (C=O) groups excluding carboxylic acids is 1. The van der Waals surface area contributed by atoms with E-state index in [-0.39, 0.29) is 11.6 Å². The zero-order valence-electron chi connectivity index (χ0n) is 13.6. The zero-order chi connectivity index (χ0) is 18.7. The Hall–Kier alpha value is -3.27. The molecule has 0 aliphatic heterocycles. The molecule has 1 unspecified atom stereocenters. The van der Waals surface area contributed by atoms with Gasteiger partial charge in [-0.2, -0.15) is 5.10 Å². The quantitative estimate of drug-likeness (QED) is 0.521. The molecule has 1 aromatic carbocycles. The molecule has 26 heavy (non-hydrogen) atoms. The number of rotatable bonds is 6. The van der Waals surface area contributed by atoms with Gasteiger partial charge in [-0.15, -0.1) is 5.10 Å². The molecular formula is C15H14ClN7O3. The number of anilines is 1. The van der Waals surface area contributed by atoms with E-state index in [9.17, 15) is 14.9 Å².